The molecule has 1 saturated carbocycles. The van der Waals surface area contributed by atoms with Crippen LogP contribution in [0.25, 0.3) is 0 Å². The number of hydrogen-bond acceptors (Lipinski definition) is 0. The first-order valence-corrected chi connectivity index (χ1v) is 10.6. The first kappa shape index (κ1) is 17.8. The smallest absolute Gasteiger partial charge is 0.0249 e. The van der Waals surface area contributed by atoms with Crippen LogP contribution in [-0.4, -0.2) is 3.92 Å². The molecule has 0 aromatic heterocycles. The molecular formula is C23H27I. The largest absolute Gasteiger partial charge is 0.0826 e. The molecule has 0 bridgehead atoms. The van der Waals surface area contributed by atoms with Crippen LogP contribution in [0.2, 0.25) is 0 Å². The Hall–Kier alpha value is -1.01. The van der Waals surface area contributed by atoms with Crippen LogP contribution >= 0.6 is 22.6 Å². The third-order valence-corrected chi connectivity index (χ3v) is 6.40. The molecule has 0 unspecified atom stereocenters. The SMILES string of the molecule is CCCC1=CC(C#Cc2ccc(C3CCC(I)CC3)cc2)=CCC1. The second-order valence-corrected chi connectivity index (χ2v) is 8.83. The maximum Gasteiger partial charge on any atom is 0.0249 e. The van der Waals surface area contributed by atoms with Crippen LogP contribution < -0.4 is 0 Å². The van der Waals surface area contributed by atoms with Gasteiger partial charge in [0.25, 0.3) is 0 Å². The lowest BCUT2D eigenvalue weighted by Crippen LogP contribution is -2.12. The third kappa shape index (κ3) is 4.99. The minimum Gasteiger partial charge on any atom is -0.0826 e. The Labute approximate surface area is 161 Å². The first-order valence-electron chi connectivity index (χ1n) is 9.40. The highest BCUT2D eigenvalue weighted by molar-refractivity contribution is 14.1. The Balaban J connectivity index is 1.64. The maximum absolute atomic E-state index is 3.36. The molecule has 0 heterocycles. The third-order valence-electron chi connectivity index (χ3n) is 5.15. The van der Waals surface area contributed by atoms with Gasteiger partial charge in [-0.15, -0.1) is 0 Å². The van der Waals surface area contributed by atoms with Gasteiger partial charge < -0.3 is 0 Å². The molecule has 0 radical (unpaired) electrons. The summed E-state index contributed by atoms with van der Waals surface area (Å²) in [6, 6.07) is 9.02. The van der Waals surface area contributed by atoms with Gasteiger partial charge in [0.2, 0.25) is 0 Å². The topological polar surface area (TPSA) is 0 Å². The Kier molecular flexibility index (Phi) is 6.60. The molecule has 0 amide bonds. The molecule has 2 aliphatic rings. The standard InChI is InChI=1S/C23H27I/c1-2-4-19-5-3-6-20(17-19)8-7-18-9-11-21(12-10-18)22-13-15-23(24)16-14-22/h6,9-12,17,22-23H,2-5,13-16H2,1H3. The van der Waals surface area contributed by atoms with E-state index in [1.54, 1.807) is 5.57 Å². The van der Waals surface area contributed by atoms with E-state index in [0.29, 0.717) is 0 Å². The summed E-state index contributed by atoms with van der Waals surface area (Å²) in [4.78, 5) is 0. The zero-order valence-corrected chi connectivity index (χ0v) is 16.8. The molecule has 0 spiro atoms. The summed E-state index contributed by atoms with van der Waals surface area (Å²) in [5.41, 5.74) is 5.41. The van der Waals surface area contributed by atoms with Crippen molar-refractivity contribution in [1.29, 1.82) is 0 Å². The Morgan fingerprint density at radius 3 is 2.50 bits per heavy atom. The fraction of sp³-hybridized carbons (Fsp3) is 0.478. The summed E-state index contributed by atoms with van der Waals surface area (Å²) in [7, 11) is 0. The van der Waals surface area contributed by atoms with Crippen LogP contribution in [0, 0.1) is 11.8 Å². The van der Waals surface area contributed by atoms with Gasteiger partial charge in [-0.1, -0.05) is 71.6 Å². The molecule has 0 N–H and O–H groups in total. The second kappa shape index (κ2) is 8.90. The van der Waals surface area contributed by atoms with Crippen molar-refractivity contribution in [2.24, 2.45) is 0 Å². The van der Waals surface area contributed by atoms with Crippen molar-refractivity contribution in [3.8, 4) is 11.8 Å². The maximum atomic E-state index is 3.36. The van der Waals surface area contributed by atoms with Gasteiger partial charge in [0.1, 0.15) is 0 Å². The molecule has 1 aromatic carbocycles. The molecule has 0 saturated heterocycles. The van der Waals surface area contributed by atoms with Gasteiger partial charge in [-0.05, 0) is 74.6 Å². The zero-order chi connectivity index (χ0) is 16.8. The summed E-state index contributed by atoms with van der Waals surface area (Å²) in [5, 5.41) is 0. The molecule has 1 aromatic rings. The van der Waals surface area contributed by atoms with Crippen molar-refractivity contribution in [1.82, 2.24) is 0 Å². The number of alkyl halides is 1. The highest BCUT2D eigenvalue weighted by atomic mass is 127. The molecule has 2 aliphatic carbocycles. The van der Waals surface area contributed by atoms with E-state index in [2.05, 4.69) is 77.8 Å². The molecule has 126 valence electrons. The monoisotopic (exact) mass is 430 g/mol. The van der Waals surface area contributed by atoms with Crippen molar-refractivity contribution in [3.05, 3.63) is 58.7 Å². The molecule has 1 fully saturated rings. The van der Waals surface area contributed by atoms with Gasteiger partial charge in [0, 0.05) is 15.1 Å². The van der Waals surface area contributed by atoms with E-state index in [9.17, 15) is 0 Å². The molecule has 0 nitrogen and oxygen atoms in total. The predicted molar refractivity (Wildman–Crippen MR) is 113 cm³/mol. The Morgan fingerprint density at radius 1 is 1.04 bits per heavy atom. The summed E-state index contributed by atoms with van der Waals surface area (Å²) in [6.07, 6.45) is 14.8. The normalized spacial score (nSPS) is 23.8. The van der Waals surface area contributed by atoms with Gasteiger partial charge in [-0.2, -0.15) is 0 Å². The van der Waals surface area contributed by atoms with Crippen molar-refractivity contribution in [2.45, 2.75) is 68.1 Å². The van der Waals surface area contributed by atoms with E-state index in [-0.39, 0.29) is 0 Å². The van der Waals surface area contributed by atoms with E-state index >= 15 is 0 Å². The Morgan fingerprint density at radius 2 is 1.79 bits per heavy atom. The number of allylic oxidation sites excluding steroid dienone is 4. The van der Waals surface area contributed by atoms with Gasteiger partial charge in [-0.3, -0.25) is 0 Å². The lowest BCUT2D eigenvalue weighted by molar-refractivity contribution is 0.462. The summed E-state index contributed by atoms with van der Waals surface area (Å²) >= 11 is 2.60. The molecule has 0 atom stereocenters. The fourth-order valence-electron chi connectivity index (χ4n) is 3.74. The number of rotatable bonds is 3. The van der Waals surface area contributed by atoms with Gasteiger partial charge in [-0.25, -0.2) is 0 Å². The van der Waals surface area contributed by atoms with E-state index in [4.69, 9.17) is 0 Å². The van der Waals surface area contributed by atoms with Crippen LogP contribution in [-0.2, 0) is 0 Å². The van der Waals surface area contributed by atoms with Gasteiger partial charge >= 0.3 is 0 Å². The van der Waals surface area contributed by atoms with Crippen LogP contribution in [0.1, 0.15) is 75.3 Å². The molecule has 3 rings (SSSR count). The highest BCUT2D eigenvalue weighted by Crippen LogP contribution is 2.35. The van der Waals surface area contributed by atoms with E-state index < -0.39 is 0 Å². The average Bonchev–Trinajstić information content (AvgIpc) is 2.62. The number of halogens is 1. The predicted octanol–water partition coefficient (Wildman–Crippen LogP) is 6.95. The molecular weight excluding hydrogens is 403 g/mol. The van der Waals surface area contributed by atoms with Crippen molar-refractivity contribution in [2.75, 3.05) is 0 Å². The van der Waals surface area contributed by atoms with Crippen LogP contribution in [0.4, 0.5) is 0 Å². The average molecular weight is 430 g/mol. The van der Waals surface area contributed by atoms with Crippen molar-refractivity contribution >= 4 is 22.6 Å². The fourth-order valence-corrected chi connectivity index (χ4v) is 4.46. The van der Waals surface area contributed by atoms with Gasteiger partial charge in [0.15, 0.2) is 0 Å². The van der Waals surface area contributed by atoms with Crippen LogP contribution in [0.3, 0.4) is 0 Å². The lowest BCUT2D eigenvalue weighted by Gasteiger charge is -2.25. The summed E-state index contributed by atoms with van der Waals surface area (Å²) in [6.45, 7) is 2.25. The quantitative estimate of drug-likeness (QED) is 0.277. The second-order valence-electron chi connectivity index (χ2n) is 7.07. The molecule has 0 aliphatic heterocycles. The van der Waals surface area contributed by atoms with Crippen molar-refractivity contribution < 1.29 is 0 Å². The van der Waals surface area contributed by atoms with Crippen molar-refractivity contribution in [3.63, 3.8) is 0 Å². The van der Waals surface area contributed by atoms with Crippen LogP contribution in [0.5, 0.6) is 0 Å². The van der Waals surface area contributed by atoms with E-state index in [1.165, 1.54) is 56.1 Å². The summed E-state index contributed by atoms with van der Waals surface area (Å²) in [5.74, 6) is 7.48. The summed E-state index contributed by atoms with van der Waals surface area (Å²) < 4.78 is 0.887. The zero-order valence-electron chi connectivity index (χ0n) is 14.7. The Bertz CT molecular complexity index is 658. The number of hydrogen-bond donors (Lipinski definition) is 0. The molecule has 24 heavy (non-hydrogen) atoms. The number of benzene rings is 1. The first-order chi connectivity index (χ1) is 11.7. The minimum absolute atomic E-state index is 0.763. The minimum atomic E-state index is 0.763. The van der Waals surface area contributed by atoms with Crippen LogP contribution in [0.15, 0.2) is 47.6 Å². The lowest BCUT2D eigenvalue weighted by atomic mass is 9.84. The van der Waals surface area contributed by atoms with E-state index in [0.717, 1.165) is 21.8 Å². The molecule has 1 heteroatoms. The van der Waals surface area contributed by atoms with E-state index in [1.807, 2.05) is 0 Å². The van der Waals surface area contributed by atoms with Gasteiger partial charge in [0.05, 0.1) is 0 Å². The highest BCUT2D eigenvalue weighted by Gasteiger charge is 2.20.